The molecule has 9 N–H and O–H groups in total. The SMILES string of the molecule is CC/C=C\C/C=C\C/C=C\C/C=C\CCCCCCCCCCCCCCCCCCC(=O)NC(COC1OC(CO)C(OC2OC(CO)C(O)C(O)C2O)C(O)C1O)C(O)/C=C/CC/C=C/CC/C=C/CCCCCCCCCCC. The highest BCUT2D eigenvalue weighted by atomic mass is 16.7. The van der Waals surface area contributed by atoms with E-state index in [2.05, 4.69) is 92.1 Å². The normalized spacial score (nSPS) is 24.5. The molecule has 12 unspecified atom stereocenters. The predicted molar refractivity (Wildman–Crippen MR) is 332 cm³/mol. The van der Waals surface area contributed by atoms with E-state index >= 15 is 0 Å². The first-order valence-electron chi connectivity index (χ1n) is 32.8. The van der Waals surface area contributed by atoms with Gasteiger partial charge < -0.3 is 65.1 Å². The van der Waals surface area contributed by atoms with E-state index in [1.807, 2.05) is 6.08 Å². The zero-order valence-electron chi connectivity index (χ0n) is 51.2. The average molecular weight is 1160 g/mol. The molecule has 2 heterocycles. The molecule has 0 aromatic rings. The quantitative estimate of drug-likeness (QED) is 0.0204. The molecule has 14 heteroatoms. The number of aliphatic hydroxyl groups excluding tert-OH is 8. The number of hydrogen-bond donors (Lipinski definition) is 9. The van der Waals surface area contributed by atoms with Crippen molar-refractivity contribution in [1.82, 2.24) is 5.32 Å². The Labute approximate surface area is 497 Å². The van der Waals surface area contributed by atoms with Gasteiger partial charge in [0.1, 0.15) is 48.8 Å². The predicted octanol–water partition coefficient (Wildman–Crippen LogP) is 12.4. The Morgan fingerprint density at radius 2 is 0.854 bits per heavy atom. The van der Waals surface area contributed by atoms with Crippen LogP contribution in [0.1, 0.15) is 245 Å². The molecule has 0 aliphatic carbocycles. The Morgan fingerprint density at radius 3 is 1.34 bits per heavy atom. The second kappa shape index (κ2) is 52.5. The standard InChI is InChI=1S/C68H119NO13/c1-3-5-7-9-11-13-15-17-19-21-23-24-25-26-27-28-29-30-31-32-34-36-38-40-42-44-46-48-50-52-60(73)69-56(57(72)51-49-47-45-43-41-39-37-35-33-22-20-18-16-14-12-10-8-6-4-2)55-79-67-65(78)63(76)66(59(54-71)81-67)82-68-64(77)62(75)61(74)58(53-70)80-68/h5,7,11,13,17,19,23-24,33,35,41,43,49,51,56-59,61-68,70-72,74-78H,3-4,6,8-10,12,14-16,18,20-22,25-32,34,36-40,42,44-48,50,52-55H2,1-2H3,(H,69,73)/b7-5-,13-11-,19-17-,24-23-,35-33+,43-41+,51-49+. The van der Waals surface area contributed by atoms with E-state index in [9.17, 15) is 45.6 Å². The number of amides is 1. The van der Waals surface area contributed by atoms with Crippen LogP contribution < -0.4 is 5.32 Å². The summed E-state index contributed by atoms with van der Waals surface area (Å²) in [6.07, 6.45) is 54.9. The Hall–Kier alpha value is -2.83. The lowest BCUT2D eigenvalue weighted by Gasteiger charge is -2.46. The van der Waals surface area contributed by atoms with Crippen molar-refractivity contribution >= 4 is 5.91 Å². The van der Waals surface area contributed by atoms with Crippen molar-refractivity contribution in [2.75, 3.05) is 19.8 Å². The van der Waals surface area contributed by atoms with Gasteiger partial charge in [-0.05, 0) is 83.5 Å². The summed E-state index contributed by atoms with van der Waals surface area (Å²) in [5.74, 6) is -0.254. The number of allylic oxidation sites excluding steroid dienone is 13. The minimum Gasteiger partial charge on any atom is -0.394 e. The highest BCUT2D eigenvalue weighted by Crippen LogP contribution is 2.30. The molecular formula is C68H119NO13. The first-order valence-corrected chi connectivity index (χ1v) is 32.8. The average Bonchev–Trinajstić information content (AvgIpc) is 3.65. The first-order chi connectivity index (χ1) is 40.1. The molecule has 2 aliphatic rings. The second-order valence-corrected chi connectivity index (χ2v) is 22.8. The van der Waals surface area contributed by atoms with E-state index in [-0.39, 0.29) is 18.9 Å². The maximum Gasteiger partial charge on any atom is 0.220 e. The Balaban J connectivity index is 1.71. The van der Waals surface area contributed by atoms with Gasteiger partial charge in [-0.25, -0.2) is 0 Å². The molecule has 0 aromatic heterocycles. The smallest absolute Gasteiger partial charge is 0.220 e. The van der Waals surface area contributed by atoms with Gasteiger partial charge in [-0.3, -0.25) is 4.79 Å². The van der Waals surface area contributed by atoms with Crippen molar-refractivity contribution < 1.29 is 64.6 Å². The minimum atomic E-state index is -1.80. The van der Waals surface area contributed by atoms with E-state index in [0.717, 1.165) is 70.6 Å². The number of ether oxygens (including phenoxy) is 4. The molecule has 0 spiro atoms. The monoisotopic (exact) mass is 1160 g/mol. The van der Waals surface area contributed by atoms with E-state index in [1.54, 1.807) is 6.08 Å². The van der Waals surface area contributed by atoms with Gasteiger partial charge in [0.25, 0.3) is 0 Å². The molecule has 14 nitrogen and oxygen atoms in total. The number of nitrogens with one attached hydrogen (secondary N) is 1. The third-order valence-corrected chi connectivity index (χ3v) is 15.5. The van der Waals surface area contributed by atoms with Gasteiger partial charge in [0.15, 0.2) is 12.6 Å². The van der Waals surface area contributed by atoms with Crippen LogP contribution in [-0.2, 0) is 23.7 Å². The third kappa shape index (κ3) is 36.9. The summed E-state index contributed by atoms with van der Waals surface area (Å²) < 4.78 is 22.8. The van der Waals surface area contributed by atoms with Crippen molar-refractivity contribution in [3.63, 3.8) is 0 Å². The Kier molecular flexibility index (Phi) is 48.2. The van der Waals surface area contributed by atoms with Crippen LogP contribution in [0, 0.1) is 0 Å². The van der Waals surface area contributed by atoms with Crippen LogP contribution in [-0.4, -0.2) is 140 Å². The van der Waals surface area contributed by atoms with Crippen LogP contribution in [0.25, 0.3) is 0 Å². The molecule has 0 aromatic carbocycles. The third-order valence-electron chi connectivity index (χ3n) is 15.5. The molecule has 2 aliphatic heterocycles. The zero-order valence-corrected chi connectivity index (χ0v) is 51.2. The van der Waals surface area contributed by atoms with Gasteiger partial charge >= 0.3 is 0 Å². The molecule has 1 amide bonds. The number of hydrogen-bond acceptors (Lipinski definition) is 13. The summed E-state index contributed by atoms with van der Waals surface area (Å²) in [4.78, 5) is 13.3. The molecule has 0 bridgehead atoms. The molecular weight excluding hydrogens is 1040 g/mol. The van der Waals surface area contributed by atoms with Gasteiger partial charge in [0, 0.05) is 6.42 Å². The van der Waals surface area contributed by atoms with Crippen molar-refractivity contribution in [2.24, 2.45) is 0 Å². The molecule has 474 valence electrons. The van der Waals surface area contributed by atoms with Gasteiger partial charge in [0.05, 0.1) is 32.0 Å². The first kappa shape index (κ1) is 75.3. The molecule has 0 saturated carbocycles. The maximum absolute atomic E-state index is 13.3. The van der Waals surface area contributed by atoms with E-state index in [0.29, 0.717) is 12.8 Å². The van der Waals surface area contributed by atoms with Crippen LogP contribution in [0.3, 0.4) is 0 Å². The van der Waals surface area contributed by atoms with Gasteiger partial charge in [-0.2, -0.15) is 0 Å². The summed E-state index contributed by atoms with van der Waals surface area (Å²) in [5.41, 5.74) is 0. The summed E-state index contributed by atoms with van der Waals surface area (Å²) in [6.45, 7) is 2.67. The van der Waals surface area contributed by atoms with Gasteiger partial charge in [-0.15, -0.1) is 0 Å². The van der Waals surface area contributed by atoms with Crippen molar-refractivity contribution in [2.45, 2.75) is 319 Å². The van der Waals surface area contributed by atoms with Crippen LogP contribution in [0.15, 0.2) is 85.1 Å². The number of carbonyl (C=O) groups is 1. The fourth-order valence-corrected chi connectivity index (χ4v) is 10.3. The maximum atomic E-state index is 13.3. The summed E-state index contributed by atoms with van der Waals surface area (Å²) in [7, 11) is 0. The second-order valence-electron chi connectivity index (χ2n) is 22.8. The lowest BCUT2D eigenvalue weighted by Crippen LogP contribution is -2.65. The molecule has 2 fully saturated rings. The molecule has 2 rings (SSSR count). The number of carbonyl (C=O) groups excluding carboxylic acids is 1. The molecule has 0 radical (unpaired) electrons. The highest BCUT2D eigenvalue weighted by Gasteiger charge is 2.51. The van der Waals surface area contributed by atoms with E-state index < -0.39 is 86.8 Å². The summed E-state index contributed by atoms with van der Waals surface area (Å²) in [6, 6.07) is -0.942. The van der Waals surface area contributed by atoms with Crippen molar-refractivity contribution in [3.8, 4) is 0 Å². The largest absolute Gasteiger partial charge is 0.394 e. The zero-order chi connectivity index (χ0) is 59.5. The molecule has 2 saturated heterocycles. The number of aliphatic hydroxyl groups is 8. The molecule has 12 atom stereocenters. The van der Waals surface area contributed by atoms with E-state index in [4.69, 9.17) is 18.9 Å². The number of rotatable bonds is 52. The lowest BCUT2D eigenvalue weighted by atomic mass is 9.97. The van der Waals surface area contributed by atoms with Crippen molar-refractivity contribution in [1.29, 1.82) is 0 Å². The topological polar surface area (TPSA) is 228 Å². The van der Waals surface area contributed by atoms with Crippen LogP contribution in [0.2, 0.25) is 0 Å². The molecule has 82 heavy (non-hydrogen) atoms. The summed E-state index contributed by atoms with van der Waals surface area (Å²) >= 11 is 0. The Morgan fingerprint density at radius 1 is 0.451 bits per heavy atom. The fraction of sp³-hybridized carbons (Fsp3) is 0.779. The Bertz CT molecular complexity index is 1700. The van der Waals surface area contributed by atoms with Crippen molar-refractivity contribution in [3.05, 3.63) is 85.1 Å². The number of unbranched alkanes of at least 4 members (excludes halogenated alkanes) is 27. The minimum absolute atomic E-state index is 0.254. The summed E-state index contributed by atoms with van der Waals surface area (Å²) in [5, 5.41) is 87.2. The van der Waals surface area contributed by atoms with Gasteiger partial charge in [0.2, 0.25) is 5.91 Å². The van der Waals surface area contributed by atoms with Gasteiger partial charge in [-0.1, -0.05) is 240 Å². The fourth-order valence-electron chi connectivity index (χ4n) is 10.3. The van der Waals surface area contributed by atoms with Crippen LogP contribution in [0.4, 0.5) is 0 Å². The highest BCUT2D eigenvalue weighted by molar-refractivity contribution is 5.76. The van der Waals surface area contributed by atoms with Crippen LogP contribution in [0.5, 0.6) is 0 Å². The van der Waals surface area contributed by atoms with E-state index in [1.165, 1.54) is 141 Å². The lowest BCUT2D eigenvalue weighted by molar-refractivity contribution is -0.359. The van der Waals surface area contributed by atoms with Crippen LogP contribution >= 0.6 is 0 Å².